The van der Waals surface area contributed by atoms with Crippen LogP contribution in [-0.2, 0) is 0 Å². The van der Waals surface area contributed by atoms with Gasteiger partial charge in [0, 0.05) is 19.5 Å². The fourth-order valence-corrected chi connectivity index (χ4v) is 3.51. The fraction of sp³-hybridized carbons (Fsp3) is 0.421. The number of benzene rings is 1. The van der Waals surface area contributed by atoms with Crippen LogP contribution in [0.25, 0.3) is 16.6 Å². The summed E-state index contributed by atoms with van der Waals surface area (Å²) in [5.74, 6) is 0.918. The first-order valence-corrected chi connectivity index (χ1v) is 9.28. The number of nitrogens with zero attached hydrogens (tertiary/aromatic N) is 3. The van der Waals surface area contributed by atoms with Crippen LogP contribution in [0.1, 0.15) is 55.7 Å². The molecule has 0 aliphatic heterocycles. The van der Waals surface area contributed by atoms with Crippen molar-refractivity contribution in [3.63, 3.8) is 0 Å². The minimum Gasteiger partial charge on any atom is -0.342 e. The molecule has 1 N–H and O–H groups in total. The number of H-pyrrole nitrogens is 1. The van der Waals surface area contributed by atoms with Gasteiger partial charge >= 0.3 is 0 Å². The second-order valence-electron chi connectivity index (χ2n) is 6.47. The van der Waals surface area contributed by atoms with Crippen molar-refractivity contribution in [3.05, 3.63) is 45.1 Å². The number of nitrogens with one attached hydrogen (secondary N) is 1. The number of aromatic amines is 1. The molecule has 3 rings (SSSR count). The van der Waals surface area contributed by atoms with E-state index in [4.69, 9.17) is 11.6 Å². The maximum atomic E-state index is 12.5. The molecule has 0 radical (unpaired) electrons. The van der Waals surface area contributed by atoms with E-state index in [1.54, 1.807) is 30.3 Å². The first-order chi connectivity index (χ1) is 12.4. The van der Waals surface area contributed by atoms with Crippen LogP contribution in [0, 0.1) is 0 Å². The molecule has 0 bridgehead atoms. The van der Waals surface area contributed by atoms with Crippen molar-refractivity contribution in [2.75, 3.05) is 13.6 Å². The molecule has 3 aromatic rings. The number of aromatic nitrogens is 3. The van der Waals surface area contributed by atoms with E-state index in [9.17, 15) is 9.59 Å². The van der Waals surface area contributed by atoms with Gasteiger partial charge in [0.05, 0.1) is 27.8 Å². The highest BCUT2D eigenvalue weighted by atomic mass is 35.5. The normalized spacial score (nSPS) is 11.6. The third-order valence-corrected chi connectivity index (χ3v) is 5.31. The Hall–Kier alpha value is -2.34. The van der Waals surface area contributed by atoms with Crippen molar-refractivity contribution in [2.24, 2.45) is 0 Å². The minimum atomic E-state index is -0.230. The monoisotopic (exact) mass is 374 g/mol. The molecule has 26 heavy (non-hydrogen) atoms. The van der Waals surface area contributed by atoms with Gasteiger partial charge in [0.1, 0.15) is 11.3 Å². The molecule has 0 aliphatic carbocycles. The highest BCUT2D eigenvalue weighted by Gasteiger charge is 2.20. The van der Waals surface area contributed by atoms with Crippen molar-refractivity contribution in [1.29, 1.82) is 0 Å². The lowest BCUT2D eigenvalue weighted by Gasteiger charge is -2.17. The second kappa shape index (κ2) is 7.11. The van der Waals surface area contributed by atoms with Gasteiger partial charge in [0.15, 0.2) is 0 Å². The third kappa shape index (κ3) is 2.88. The Labute approximate surface area is 156 Å². The van der Waals surface area contributed by atoms with Gasteiger partial charge in [-0.25, -0.2) is 4.98 Å². The Kier molecular flexibility index (Phi) is 5.05. The fourth-order valence-electron chi connectivity index (χ4n) is 3.27. The Morgan fingerprint density at radius 1 is 1.27 bits per heavy atom. The molecule has 2 aromatic heterocycles. The van der Waals surface area contributed by atoms with E-state index < -0.39 is 0 Å². The van der Waals surface area contributed by atoms with Crippen LogP contribution in [0.15, 0.2) is 23.1 Å². The molecule has 6 nitrogen and oxygen atoms in total. The molecule has 0 saturated carbocycles. The summed E-state index contributed by atoms with van der Waals surface area (Å²) in [7, 11) is 1.72. The van der Waals surface area contributed by atoms with Gasteiger partial charge < -0.3 is 9.88 Å². The number of hydrogen-bond acceptors (Lipinski definition) is 3. The predicted molar refractivity (Wildman–Crippen MR) is 104 cm³/mol. The van der Waals surface area contributed by atoms with Crippen LogP contribution in [0.5, 0.6) is 0 Å². The molecule has 0 atom stereocenters. The summed E-state index contributed by atoms with van der Waals surface area (Å²) in [5, 5.41) is 0.361. The van der Waals surface area contributed by atoms with Gasteiger partial charge in [-0.3, -0.25) is 14.0 Å². The molecule has 0 spiro atoms. The summed E-state index contributed by atoms with van der Waals surface area (Å²) in [4.78, 5) is 34.0. The molecule has 2 heterocycles. The topological polar surface area (TPSA) is 70.5 Å². The molecule has 138 valence electrons. The standard InChI is InChI=1S/C19H23ClN4O2/c1-5-11(6-2)17-21-10-16-18(25)22-14-8-12(19(26)23(4)7-3)13(20)9-15(14)24(16)17/h8-11H,5-7H2,1-4H3,(H,22,25). The number of fused-ring (bicyclic) bond motifs is 3. The van der Waals surface area contributed by atoms with Crippen molar-refractivity contribution in [1.82, 2.24) is 19.3 Å². The van der Waals surface area contributed by atoms with Crippen molar-refractivity contribution in [2.45, 2.75) is 39.5 Å². The number of halogens is 1. The van der Waals surface area contributed by atoms with E-state index in [0.29, 0.717) is 28.2 Å². The lowest BCUT2D eigenvalue weighted by molar-refractivity contribution is 0.0802. The van der Waals surface area contributed by atoms with Gasteiger partial charge in [-0.1, -0.05) is 25.4 Å². The summed E-state index contributed by atoms with van der Waals surface area (Å²) in [6, 6.07) is 3.40. The summed E-state index contributed by atoms with van der Waals surface area (Å²) < 4.78 is 1.87. The lowest BCUT2D eigenvalue weighted by atomic mass is 10.0. The van der Waals surface area contributed by atoms with Crippen LogP contribution >= 0.6 is 11.6 Å². The zero-order valence-corrected chi connectivity index (χ0v) is 16.2. The average Bonchev–Trinajstić information content (AvgIpc) is 3.08. The number of carbonyl (C=O) groups is 1. The maximum Gasteiger partial charge on any atom is 0.274 e. The summed E-state index contributed by atoms with van der Waals surface area (Å²) in [5.41, 5.74) is 1.96. The van der Waals surface area contributed by atoms with Crippen LogP contribution < -0.4 is 5.56 Å². The Morgan fingerprint density at radius 3 is 2.58 bits per heavy atom. The molecular weight excluding hydrogens is 352 g/mol. The molecule has 1 aromatic carbocycles. The van der Waals surface area contributed by atoms with Gasteiger partial charge in [0.2, 0.25) is 0 Å². The molecule has 0 aliphatic rings. The van der Waals surface area contributed by atoms with E-state index >= 15 is 0 Å². The van der Waals surface area contributed by atoms with Crippen molar-refractivity contribution >= 4 is 34.1 Å². The highest BCUT2D eigenvalue weighted by Crippen LogP contribution is 2.28. The first-order valence-electron chi connectivity index (χ1n) is 8.91. The number of carbonyl (C=O) groups excluding carboxylic acids is 1. The largest absolute Gasteiger partial charge is 0.342 e. The highest BCUT2D eigenvalue weighted by molar-refractivity contribution is 6.34. The second-order valence-corrected chi connectivity index (χ2v) is 6.88. The third-order valence-electron chi connectivity index (χ3n) is 5.00. The maximum absolute atomic E-state index is 12.5. The average molecular weight is 375 g/mol. The first kappa shape index (κ1) is 18.5. The van der Waals surface area contributed by atoms with Gasteiger partial charge in [0.25, 0.3) is 11.5 Å². The zero-order chi connectivity index (χ0) is 19.0. The zero-order valence-electron chi connectivity index (χ0n) is 15.5. The van der Waals surface area contributed by atoms with E-state index in [0.717, 1.165) is 24.2 Å². The van der Waals surface area contributed by atoms with E-state index in [-0.39, 0.29) is 17.4 Å². The molecule has 7 heteroatoms. The SMILES string of the molecule is CCC(CC)c1ncc2c(=O)[nH]c3cc(C(=O)N(C)CC)c(Cl)cc3n12. The Balaban J connectivity index is 2.33. The van der Waals surface area contributed by atoms with E-state index in [1.165, 1.54) is 0 Å². The molecule has 0 fully saturated rings. The van der Waals surface area contributed by atoms with Crippen molar-refractivity contribution < 1.29 is 4.79 Å². The van der Waals surface area contributed by atoms with Gasteiger partial charge in [-0.15, -0.1) is 0 Å². The number of amides is 1. The quantitative estimate of drug-likeness (QED) is 0.737. The summed E-state index contributed by atoms with van der Waals surface area (Å²) >= 11 is 6.43. The summed E-state index contributed by atoms with van der Waals surface area (Å²) in [6.07, 6.45) is 3.45. The summed E-state index contributed by atoms with van der Waals surface area (Å²) in [6.45, 7) is 6.68. The number of imidazole rings is 1. The van der Waals surface area contributed by atoms with Crippen LogP contribution in [0.3, 0.4) is 0 Å². The molecular formula is C19H23ClN4O2. The van der Waals surface area contributed by atoms with E-state index in [2.05, 4.69) is 23.8 Å². The number of hydrogen-bond donors (Lipinski definition) is 1. The number of rotatable bonds is 5. The molecule has 0 saturated heterocycles. The van der Waals surface area contributed by atoms with Crippen molar-refractivity contribution in [3.8, 4) is 0 Å². The lowest BCUT2D eigenvalue weighted by Crippen LogP contribution is -2.26. The van der Waals surface area contributed by atoms with Crippen LogP contribution in [0.2, 0.25) is 5.02 Å². The Bertz CT molecular complexity index is 1030. The van der Waals surface area contributed by atoms with E-state index in [1.807, 2.05) is 11.3 Å². The Morgan fingerprint density at radius 2 is 1.96 bits per heavy atom. The van der Waals surface area contributed by atoms with Crippen LogP contribution in [-0.4, -0.2) is 38.8 Å². The molecule has 0 unspecified atom stereocenters. The van der Waals surface area contributed by atoms with Gasteiger partial charge in [-0.05, 0) is 31.9 Å². The predicted octanol–water partition coefficient (Wildman–Crippen LogP) is 3.82. The smallest absolute Gasteiger partial charge is 0.274 e. The minimum absolute atomic E-state index is 0.175. The molecule has 1 amide bonds. The van der Waals surface area contributed by atoms with Crippen LogP contribution in [0.4, 0.5) is 0 Å². The van der Waals surface area contributed by atoms with Gasteiger partial charge in [-0.2, -0.15) is 0 Å².